The van der Waals surface area contributed by atoms with Gasteiger partial charge in [0.15, 0.2) is 11.4 Å². The number of anilines is 4. The van der Waals surface area contributed by atoms with Crippen molar-refractivity contribution in [2.24, 2.45) is 5.92 Å². The number of rotatable bonds is 4. The minimum Gasteiger partial charge on any atom is -0.459 e. The van der Waals surface area contributed by atoms with Crippen LogP contribution in [0.15, 0.2) is 34.9 Å². The highest BCUT2D eigenvalue weighted by atomic mass is 16.3. The summed E-state index contributed by atoms with van der Waals surface area (Å²) in [6.45, 7) is 6.06. The molecule has 2 aromatic heterocycles. The number of nitrogens with one attached hydrogen (secondary N) is 3. The van der Waals surface area contributed by atoms with Gasteiger partial charge < -0.3 is 20.4 Å². The molecule has 0 spiro atoms. The highest BCUT2D eigenvalue weighted by Gasteiger charge is 2.38. The lowest BCUT2D eigenvalue weighted by molar-refractivity contribution is -0.119. The third-order valence-corrected chi connectivity index (χ3v) is 5.50. The maximum atomic E-state index is 12.1. The van der Waals surface area contributed by atoms with Gasteiger partial charge in [0, 0.05) is 23.5 Å². The van der Waals surface area contributed by atoms with Crippen molar-refractivity contribution in [3.63, 3.8) is 0 Å². The zero-order valence-corrected chi connectivity index (χ0v) is 15.5. The number of carbonyl (C=O) groups excluding carboxylic acids is 1. The van der Waals surface area contributed by atoms with E-state index in [1.165, 1.54) is 0 Å². The number of hydrogen-bond acceptors (Lipinski definition) is 6. The van der Waals surface area contributed by atoms with Gasteiger partial charge in [-0.1, -0.05) is 13.0 Å². The van der Waals surface area contributed by atoms with E-state index in [1.807, 2.05) is 38.1 Å². The lowest BCUT2D eigenvalue weighted by Crippen LogP contribution is -2.26. The van der Waals surface area contributed by atoms with Crippen LogP contribution in [0.5, 0.6) is 0 Å². The normalized spacial score (nSPS) is 22.4. The van der Waals surface area contributed by atoms with E-state index in [0.29, 0.717) is 29.3 Å². The Morgan fingerprint density at radius 3 is 2.85 bits per heavy atom. The van der Waals surface area contributed by atoms with Crippen LogP contribution in [0.4, 0.5) is 23.1 Å². The molecule has 1 aromatic carbocycles. The lowest BCUT2D eigenvalue weighted by atomic mass is 9.86. The van der Waals surface area contributed by atoms with E-state index in [4.69, 9.17) is 4.42 Å². The fourth-order valence-electron chi connectivity index (χ4n) is 3.52. The largest absolute Gasteiger partial charge is 0.459 e. The SMILES string of the molecule is CC1CC1Nc1nc(Nc2ccc3c(c2)NC(=O)C3(C)C)nc2ccoc12. The molecule has 0 radical (unpaired) electrons. The van der Waals surface area contributed by atoms with Gasteiger partial charge in [-0.3, -0.25) is 4.79 Å². The van der Waals surface area contributed by atoms with Crippen molar-refractivity contribution in [1.82, 2.24) is 9.97 Å². The van der Waals surface area contributed by atoms with E-state index < -0.39 is 5.41 Å². The van der Waals surface area contributed by atoms with Crippen LogP contribution in [0.25, 0.3) is 11.1 Å². The Balaban J connectivity index is 1.47. The Morgan fingerprint density at radius 1 is 1.26 bits per heavy atom. The highest BCUT2D eigenvalue weighted by molar-refractivity contribution is 6.06. The van der Waals surface area contributed by atoms with Gasteiger partial charge in [-0.2, -0.15) is 4.98 Å². The number of furan rings is 1. The molecule has 3 N–H and O–H groups in total. The van der Waals surface area contributed by atoms with Crippen molar-refractivity contribution in [3.8, 4) is 0 Å². The van der Waals surface area contributed by atoms with Gasteiger partial charge in [0.05, 0.1) is 11.7 Å². The molecule has 7 nitrogen and oxygen atoms in total. The van der Waals surface area contributed by atoms with Crippen LogP contribution in [0.1, 0.15) is 32.8 Å². The van der Waals surface area contributed by atoms with E-state index in [-0.39, 0.29) is 5.91 Å². The number of fused-ring (bicyclic) bond motifs is 2. The van der Waals surface area contributed by atoms with Crippen LogP contribution in [-0.2, 0) is 10.2 Å². The molecule has 3 heterocycles. The van der Waals surface area contributed by atoms with Gasteiger partial charge in [0.25, 0.3) is 0 Å². The summed E-state index contributed by atoms with van der Waals surface area (Å²) in [5.41, 5.74) is 3.54. The summed E-state index contributed by atoms with van der Waals surface area (Å²) in [7, 11) is 0. The van der Waals surface area contributed by atoms with Crippen molar-refractivity contribution in [1.29, 1.82) is 0 Å². The van der Waals surface area contributed by atoms with Crippen molar-refractivity contribution in [3.05, 3.63) is 36.1 Å². The van der Waals surface area contributed by atoms with Gasteiger partial charge in [-0.25, -0.2) is 4.98 Å². The number of benzene rings is 1. The molecule has 7 heteroatoms. The maximum Gasteiger partial charge on any atom is 0.234 e. The van der Waals surface area contributed by atoms with Crippen LogP contribution >= 0.6 is 0 Å². The fraction of sp³-hybridized carbons (Fsp3) is 0.350. The minimum atomic E-state index is -0.516. The molecule has 0 saturated heterocycles. The maximum absolute atomic E-state index is 12.1. The van der Waals surface area contributed by atoms with Gasteiger partial charge in [-0.15, -0.1) is 0 Å². The minimum absolute atomic E-state index is 0.00996. The van der Waals surface area contributed by atoms with Gasteiger partial charge in [0.2, 0.25) is 11.9 Å². The summed E-state index contributed by atoms with van der Waals surface area (Å²) in [5.74, 6) is 1.85. The zero-order chi connectivity index (χ0) is 18.8. The summed E-state index contributed by atoms with van der Waals surface area (Å²) in [6.07, 6.45) is 2.76. The second kappa shape index (κ2) is 5.45. The third-order valence-electron chi connectivity index (χ3n) is 5.50. The quantitative estimate of drug-likeness (QED) is 0.648. The van der Waals surface area contributed by atoms with Crippen LogP contribution in [-0.4, -0.2) is 21.9 Å². The first-order valence-corrected chi connectivity index (χ1v) is 9.16. The predicted molar refractivity (Wildman–Crippen MR) is 104 cm³/mol. The first-order chi connectivity index (χ1) is 12.9. The summed E-state index contributed by atoms with van der Waals surface area (Å²) in [5, 5.41) is 9.63. The number of amides is 1. The fourth-order valence-corrected chi connectivity index (χ4v) is 3.52. The molecule has 1 saturated carbocycles. The molecule has 1 aliphatic heterocycles. The number of aromatic nitrogens is 2. The smallest absolute Gasteiger partial charge is 0.234 e. The molecule has 2 atom stereocenters. The van der Waals surface area contributed by atoms with Crippen molar-refractivity contribution < 1.29 is 9.21 Å². The number of nitrogens with zero attached hydrogens (tertiary/aromatic N) is 2. The van der Waals surface area contributed by atoms with E-state index in [1.54, 1.807) is 6.26 Å². The highest BCUT2D eigenvalue weighted by Crippen LogP contribution is 2.39. The summed E-state index contributed by atoms with van der Waals surface area (Å²) in [4.78, 5) is 21.3. The van der Waals surface area contributed by atoms with Gasteiger partial charge >= 0.3 is 0 Å². The Bertz CT molecular complexity index is 1070. The van der Waals surface area contributed by atoms with E-state index in [0.717, 1.165) is 28.9 Å². The molecule has 1 amide bonds. The molecule has 1 fully saturated rings. The molecule has 2 aliphatic rings. The first kappa shape index (κ1) is 16.1. The molecule has 27 heavy (non-hydrogen) atoms. The average molecular weight is 363 g/mol. The Morgan fingerprint density at radius 2 is 2.07 bits per heavy atom. The summed E-state index contributed by atoms with van der Waals surface area (Å²) >= 11 is 0. The molecule has 2 unspecified atom stereocenters. The van der Waals surface area contributed by atoms with Crippen molar-refractivity contribution in [2.45, 2.75) is 38.6 Å². The molecule has 138 valence electrons. The molecular weight excluding hydrogens is 342 g/mol. The second-order valence-electron chi connectivity index (χ2n) is 7.96. The zero-order valence-electron chi connectivity index (χ0n) is 15.5. The monoisotopic (exact) mass is 363 g/mol. The van der Waals surface area contributed by atoms with Crippen LogP contribution in [0.2, 0.25) is 0 Å². The van der Waals surface area contributed by atoms with Crippen LogP contribution in [0.3, 0.4) is 0 Å². The standard InChI is InChI=1S/C20H21N5O2/c1-10-8-14(10)22-17-16-13(6-7-27-16)24-19(25-17)21-11-4-5-12-15(9-11)23-18(26)20(12,2)3/h4-7,9-10,14H,8H2,1-3H3,(H,23,26)(H2,21,22,24,25). The predicted octanol–water partition coefficient (Wildman–Crippen LogP) is 4.02. The van der Waals surface area contributed by atoms with Crippen molar-refractivity contribution >= 4 is 40.1 Å². The molecular formula is C20H21N5O2. The Kier molecular flexibility index (Phi) is 3.25. The Labute approximate surface area is 156 Å². The Hall–Kier alpha value is -3.09. The van der Waals surface area contributed by atoms with E-state index in [2.05, 4.69) is 32.8 Å². The van der Waals surface area contributed by atoms with E-state index in [9.17, 15) is 4.79 Å². The van der Waals surface area contributed by atoms with Crippen LogP contribution < -0.4 is 16.0 Å². The van der Waals surface area contributed by atoms with Gasteiger partial charge in [0.1, 0.15) is 5.52 Å². The van der Waals surface area contributed by atoms with Crippen molar-refractivity contribution in [2.75, 3.05) is 16.0 Å². The van der Waals surface area contributed by atoms with E-state index >= 15 is 0 Å². The average Bonchev–Trinajstić information content (AvgIpc) is 3.02. The summed E-state index contributed by atoms with van der Waals surface area (Å²) < 4.78 is 5.55. The van der Waals surface area contributed by atoms with Crippen LogP contribution in [0, 0.1) is 5.92 Å². The number of hydrogen-bond donors (Lipinski definition) is 3. The lowest BCUT2D eigenvalue weighted by Gasteiger charge is -2.15. The first-order valence-electron chi connectivity index (χ1n) is 9.16. The van der Waals surface area contributed by atoms with Gasteiger partial charge in [-0.05, 0) is 43.9 Å². The number of carbonyl (C=O) groups is 1. The topological polar surface area (TPSA) is 92.1 Å². The molecule has 5 rings (SSSR count). The molecule has 0 bridgehead atoms. The third kappa shape index (κ3) is 2.61. The molecule has 3 aromatic rings. The summed E-state index contributed by atoms with van der Waals surface area (Å²) in [6, 6.07) is 8.09. The molecule has 1 aliphatic carbocycles. The second-order valence-corrected chi connectivity index (χ2v) is 7.96.